The SMILES string of the molecule is COc1ccc(C(CNC(=O)CN2C(=O)S/C(=C/c3ccccc3)C2=O)N(C)C)cc1. The van der Waals surface area contributed by atoms with E-state index in [2.05, 4.69) is 5.32 Å². The van der Waals surface area contributed by atoms with Crippen LogP contribution in [0.2, 0.25) is 0 Å². The summed E-state index contributed by atoms with van der Waals surface area (Å²) >= 11 is 0.847. The van der Waals surface area contributed by atoms with Crippen LogP contribution in [0.3, 0.4) is 0 Å². The number of nitrogens with zero attached hydrogens (tertiary/aromatic N) is 2. The molecule has 3 amide bonds. The summed E-state index contributed by atoms with van der Waals surface area (Å²) in [6, 6.07) is 16.8. The summed E-state index contributed by atoms with van der Waals surface area (Å²) in [7, 11) is 5.45. The molecule has 0 aliphatic carbocycles. The lowest BCUT2D eigenvalue weighted by atomic mass is 10.1. The van der Waals surface area contributed by atoms with Crippen LogP contribution < -0.4 is 10.1 Å². The molecule has 0 aromatic heterocycles. The van der Waals surface area contributed by atoms with Gasteiger partial charge in [0.2, 0.25) is 5.91 Å². The predicted octanol–water partition coefficient (Wildman–Crippen LogP) is 3.15. The molecule has 0 saturated carbocycles. The van der Waals surface area contributed by atoms with E-state index in [-0.39, 0.29) is 18.5 Å². The number of imide groups is 1. The first-order chi connectivity index (χ1) is 14.9. The summed E-state index contributed by atoms with van der Waals surface area (Å²) < 4.78 is 5.19. The second-order valence-corrected chi connectivity index (χ2v) is 8.23. The lowest BCUT2D eigenvalue weighted by Crippen LogP contribution is -2.42. The number of methoxy groups -OCH3 is 1. The molecule has 2 aromatic rings. The van der Waals surface area contributed by atoms with Crippen LogP contribution in [-0.2, 0) is 9.59 Å². The molecule has 162 valence electrons. The number of hydrogen-bond acceptors (Lipinski definition) is 6. The zero-order valence-corrected chi connectivity index (χ0v) is 18.5. The number of carbonyl (C=O) groups excluding carboxylic acids is 3. The van der Waals surface area contributed by atoms with Crippen molar-refractivity contribution < 1.29 is 19.1 Å². The maximum atomic E-state index is 12.6. The van der Waals surface area contributed by atoms with Gasteiger partial charge in [0.15, 0.2) is 0 Å². The van der Waals surface area contributed by atoms with Gasteiger partial charge in [0.25, 0.3) is 11.1 Å². The van der Waals surface area contributed by atoms with Gasteiger partial charge in [0.05, 0.1) is 18.1 Å². The topological polar surface area (TPSA) is 79.0 Å². The van der Waals surface area contributed by atoms with Crippen LogP contribution in [0.15, 0.2) is 59.5 Å². The molecular weight excluding hydrogens is 414 g/mol. The van der Waals surface area contributed by atoms with Crippen LogP contribution >= 0.6 is 11.8 Å². The predicted molar refractivity (Wildman–Crippen MR) is 122 cm³/mol. The van der Waals surface area contributed by atoms with Crippen molar-refractivity contribution in [3.05, 3.63) is 70.6 Å². The highest BCUT2D eigenvalue weighted by Crippen LogP contribution is 2.32. The fraction of sp³-hybridized carbons (Fsp3) is 0.261. The van der Waals surface area contributed by atoms with Gasteiger partial charge in [-0.1, -0.05) is 42.5 Å². The van der Waals surface area contributed by atoms with E-state index in [1.54, 1.807) is 13.2 Å². The van der Waals surface area contributed by atoms with E-state index in [0.29, 0.717) is 11.4 Å². The number of ether oxygens (including phenoxy) is 1. The quantitative estimate of drug-likeness (QED) is 0.637. The van der Waals surface area contributed by atoms with Gasteiger partial charge >= 0.3 is 0 Å². The van der Waals surface area contributed by atoms with Gasteiger partial charge < -0.3 is 15.0 Å². The minimum absolute atomic E-state index is 0.0669. The first kappa shape index (κ1) is 22.6. The fourth-order valence-corrected chi connectivity index (χ4v) is 4.01. The van der Waals surface area contributed by atoms with Gasteiger partial charge in [-0.3, -0.25) is 19.3 Å². The minimum atomic E-state index is -0.451. The number of rotatable bonds is 8. The van der Waals surface area contributed by atoms with Gasteiger partial charge in [-0.25, -0.2) is 0 Å². The van der Waals surface area contributed by atoms with Crippen LogP contribution in [0.4, 0.5) is 4.79 Å². The summed E-state index contributed by atoms with van der Waals surface area (Å²) in [5.41, 5.74) is 1.84. The van der Waals surface area contributed by atoms with Crippen molar-refractivity contribution in [2.24, 2.45) is 0 Å². The first-order valence-corrected chi connectivity index (χ1v) is 10.6. The number of benzene rings is 2. The third kappa shape index (κ3) is 5.74. The largest absolute Gasteiger partial charge is 0.497 e. The number of thioether (sulfide) groups is 1. The van der Waals surface area contributed by atoms with Gasteiger partial charge in [-0.2, -0.15) is 0 Å². The zero-order valence-electron chi connectivity index (χ0n) is 17.7. The normalized spacial score (nSPS) is 16.1. The highest BCUT2D eigenvalue weighted by atomic mass is 32.2. The van der Waals surface area contributed by atoms with Crippen LogP contribution in [0.1, 0.15) is 17.2 Å². The number of likely N-dealkylation sites (N-methyl/N-ethyl adjacent to an activating group) is 1. The highest BCUT2D eigenvalue weighted by molar-refractivity contribution is 8.18. The molecule has 7 nitrogen and oxygen atoms in total. The molecule has 0 radical (unpaired) electrons. The molecule has 0 bridgehead atoms. The summed E-state index contributed by atoms with van der Waals surface area (Å²) in [5.74, 6) is -0.0786. The molecule has 1 atom stereocenters. The number of amides is 3. The van der Waals surface area contributed by atoms with E-state index in [0.717, 1.165) is 33.5 Å². The Labute approximate surface area is 186 Å². The Kier molecular flexibility index (Phi) is 7.49. The van der Waals surface area contributed by atoms with Crippen molar-refractivity contribution in [1.29, 1.82) is 0 Å². The molecule has 1 N–H and O–H groups in total. The fourth-order valence-electron chi connectivity index (χ4n) is 3.17. The first-order valence-electron chi connectivity index (χ1n) is 9.76. The third-order valence-electron chi connectivity index (χ3n) is 4.89. The Morgan fingerprint density at radius 3 is 2.42 bits per heavy atom. The molecule has 0 spiro atoms. The molecule has 1 saturated heterocycles. The molecule has 1 heterocycles. The van der Waals surface area contributed by atoms with Crippen molar-refractivity contribution in [2.45, 2.75) is 6.04 Å². The van der Waals surface area contributed by atoms with Crippen LogP contribution in [0.5, 0.6) is 5.75 Å². The Balaban J connectivity index is 1.60. The maximum absolute atomic E-state index is 12.6. The molecular formula is C23H25N3O4S. The Morgan fingerprint density at radius 1 is 1.13 bits per heavy atom. The molecule has 1 fully saturated rings. The van der Waals surface area contributed by atoms with Gasteiger partial charge in [0.1, 0.15) is 12.3 Å². The summed E-state index contributed by atoms with van der Waals surface area (Å²) in [4.78, 5) is 40.6. The van der Waals surface area contributed by atoms with E-state index in [1.807, 2.05) is 73.6 Å². The Bertz CT molecular complexity index is 974. The molecule has 8 heteroatoms. The molecule has 1 aliphatic rings. The van der Waals surface area contributed by atoms with E-state index in [9.17, 15) is 14.4 Å². The molecule has 2 aromatic carbocycles. The van der Waals surface area contributed by atoms with Crippen LogP contribution in [-0.4, -0.2) is 61.1 Å². The summed E-state index contributed by atoms with van der Waals surface area (Å²) in [6.07, 6.45) is 1.66. The van der Waals surface area contributed by atoms with Crippen LogP contribution in [0.25, 0.3) is 6.08 Å². The zero-order chi connectivity index (χ0) is 22.4. The van der Waals surface area contributed by atoms with Crippen molar-refractivity contribution >= 4 is 34.9 Å². The average Bonchev–Trinajstić information content (AvgIpc) is 3.02. The smallest absolute Gasteiger partial charge is 0.294 e. The second-order valence-electron chi connectivity index (χ2n) is 7.24. The van der Waals surface area contributed by atoms with Crippen molar-refractivity contribution in [1.82, 2.24) is 15.1 Å². The molecule has 31 heavy (non-hydrogen) atoms. The van der Waals surface area contributed by atoms with Crippen LogP contribution in [0, 0.1) is 0 Å². The van der Waals surface area contributed by atoms with E-state index < -0.39 is 11.1 Å². The lowest BCUT2D eigenvalue weighted by molar-refractivity contribution is -0.129. The number of carbonyl (C=O) groups is 3. The van der Waals surface area contributed by atoms with E-state index >= 15 is 0 Å². The molecule has 1 unspecified atom stereocenters. The second kappa shape index (κ2) is 10.3. The van der Waals surface area contributed by atoms with Crippen molar-refractivity contribution in [3.8, 4) is 5.75 Å². The van der Waals surface area contributed by atoms with Gasteiger partial charge in [0, 0.05) is 6.54 Å². The lowest BCUT2D eigenvalue weighted by Gasteiger charge is -2.25. The van der Waals surface area contributed by atoms with E-state index in [1.165, 1.54) is 0 Å². The van der Waals surface area contributed by atoms with Crippen molar-refractivity contribution in [3.63, 3.8) is 0 Å². The highest BCUT2D eigenvalue weighted by Gasteiger charge is 2.36. The minimum Gasteiger partial charge on any atom is -0.497 e. The van der Waals surface area contributed by atoms with Crippen molar-refractivity contribution in [2.75, 3.05) is 34.3 Å². The van der Waals surface area contributed by atoms with E-state index in [4.69, 9.17) is 4.74 Å². The number of nitrogens with one attached hydrogen (secondary N) is 1. The number of hydrogen-bond donors (Lipinski definition) is 1. The maximum Gasteiger partial charge on any atom is 0.294 e. The Morgan fingerprint density at radius 2 is 1.81 bits per heavy atom. The third-order valence-corrected chi connectivity index (χ3v) is 5.80. The Hall–Kier alpha value is -3.10. The van der Waals surface area contributed by atoms with Gasteiger partial charge in [-0.15, -0.1) is 0 Å². The summed E-state index contributed by atoms with van der Waals surface area (Å²) in [6.45, 7) is 0.0355. The summed E-state index contributed by atoms with van der Waals surface area (Å²) in [5, 5.41) is 2.39. The molecule has 1 aliphatic heterocycles. The monoisotopic (exact) mass is 439 g/mol. The standard InChI is InChI=1S/C23H25N3O4S/c1-25(2)19(17-9-11-18(30-3)12-10-17)14-24-21(27)15-26-22(28)20(31-23(26)29)13-16-7-5-4-6-8-16/h4-13,19H,14-15H2,1-3H3,(H,24,27)/b20-13+. The molecule has 3 rings (SSSR count). The average molecular weight is 440 g/mol. The van der Waals surface area contributed by atoms with Gasteiger partial charge in [-0.05, 0) is 55.2 Å².